The van der Waals surface area contributed by atoms with Crippen LogP contribution in [0.4, 0.5) is 11.4 Å². The first-order valence-corrected chi connectivity index (χ1v) is 8.44. The molecule has 3 rings (SSSR count). The van der Waals surface area contributed by atoms with E-state index in [4.69, 9.17) is 5.73 Å². The number of nitrogens with one attached hydrogen (secondary N) is 3. The molecule has 134 valence electrons. The van der Waals surface area contributed by atoms with Crippen LogP contribution in [0.3, 0.4) is 0 Å². The van der Waals surface area contributed by atoms with Crippen LogP contribution in [0.2, 0.25) is 0 Å². The number of nitrogens with two attached hydrogens (primary N) is 1. The molecule has 0 bridgehead atoms. The highest BCUT2D eigenvalue weighted by atomic mass is 16.2. The summed E-state index contributed by atoms with van der Waals surface area (Å²) in [4.78, 5) is 28.8. The molecule has 0 spiro atoms. The highest BCUT2D eigenvalue weighted by molar-refractivity contribution is 6.05. The van der Waals surface area contributed by atoms with Crippen LogP contribution in [-0.2, 0) is 0 Å². The van der Waals surface area contributed by atoms with E-state index in [0.29, 0.717) is 35.5 Å². The van der Waals surface area contributed by atoms with Crippen molar-refractivity contribution >= 4 is 29.0 Å². The fourth-order valence-corrected chi connectivity index (χ4v) is 2.63. The van der Waals surface area contributed by atoms with Crippen molar-refractivity contribution in [2.45, 2.75) is 6.42 Å². The summed E-state index contributed by atoms with van der Waals surface area (Å²) in [6.07, 6.45) is 0.678. The highest BCUT2D eigenvalue weighted by Gasteiger charge is 2.10. The number of amides is 2. The van der Waals surface area contributed by atoms with Crippen molar-refractivity contribution in [3.05, 3.63) is 59.7 Å². The fourth-order valence-electron chi connectivity index (χ4n) is 2.63. The quantitative estimate of drug-likeness (QED) is 0.593. The molecular formula is C19H21N5O2. The van der Waals surface area contributed by atoms with Crippen LogP contribution in [0.25, 0.3) is 0 Å². The summed E-state index contributed by atoms with van der Waals surface area (Å²) >= 11 is 0. The maximum Gasteiger partial charge on any atom is 0.255 e. The number of carbonyl (C=O) groups excluding carboxylic acids is 2. The summed E-state index contributed by atoms with van der Waals surface area (Å²) in [5.74, 6) is 0.456. The molecule has 0 unspecified atom stereocenters. The second-order valence-electron chi connectivity index (χ2n) is 5.92. The van der Waals surface area contributed by atoms with E-state index < -0.39 is 0 Å². The first-order chi connectivity index (χ1) is 12.6. The van der Waals surface area contributed by atoms with E-state index in [0.717, 1.165) is 18.9 Å². The number of hydrogen-bond donors (Lipinski definition) is 4. The number of anilines is 2. The molecule has 1 aliphatic rings. The lowest BCUT2D eigenvalue weighted by Gasteiger charge is -2.09. The summed E-state index contributed by atoms with van der Waals surface area (Å²) in [6.45, 7) is 2.15. The molecule has 0 radical (unpaired) electrons. The first-order valence-electron chi connectivity index (χ1n) is 8.44. The molecule has 0 aromatic heterocycles. The molecule has 0 atom stereocenters. The maximum atomic E-state index is 12.3. The van der Waals surface area contributed by atoms with Crippen molar-refractivity contribution in [2.24, 2.45) is 4.99 Å². The van der Waals surface area contributed by atoms with Crippen LogP contribution >= 0.6 is 0 Å². The van der Waals surface area contributed by atoms with Crippen molar-refractivity contribution in [1.82, 2.24) is 10.6 Å². The van der Waals surface area contributed by atoms with Crippen LogP contribution in [0.1, 0.15) is 27.1 Å². The average molecular weight is 351 g/mol. The Hall–Kier alpha value is -3.35. The number of amidine groups is 1. The Morgan fingerprint density at radius 1 is 1.08 bits per heavy atom. The minimum absolute atomic E-state index is 0.191. The van der Waals surface area contributed by atoms with Gasteiger partial charge in [0.05, 0.1) is 12.4 Å². The topological polar surface area (TPSA) is 109 Å². The number of benzene rings is 2. The van der Waals surface area contributed by atoms with Crippen molar-refractivity contribution in [3.8, 4) is 0 Å². The Kier molecular flexibility index (Phi) is 5.48. The number of rotatable bonds is 6. The first kappa shape index (κ1) is 17.5. The number of carbonyl (C=O) groups is 2. The van der Waals surface area contributed by atoms with Gasteiger partial charge in [0.2, 0.25) is 0 Å². The Morgan fingerprint density at radius 3 is 2.58 bits per heavy atom. The number of nitrogen functional groups attached to an aromatic ring is 1. The van der Waals surface area contributed by atoms with Gasteiger partial charge in [0.15, 0.2) is 0 Å². The van der Waals surface area contributed by atoms with Gasteiger partial charge in [-0.2, -0.15) is 0 Å². The van der Waals surface area contributed by atoms with Crippen LogP contribution < -0.4 is 21.7 Å². The van der Waals surface area contributed by atoms with Gasteiger partial charge in [-0.05, 0) is 36.4 Å². The van der Waals surface area contributed by atoms with Gasteiger partial charge in [-0.3, -0.25) is 14.6 Å². The molecular weight excluding hydrogens is 330 g/mol. The van der Waals surface area contributed by atoms with Crippen molar-refractivity contribution < 1.29 is 9.59 Å². The number of aliphatic imine (C=N–C) groups is 1. The van der Waals surface area contributed by atoms with Crippen LogP contribution in [0.15, 0.2) is 53.5 Å². The molecule has 0 saturated heterocycles. The lowest BCUT2D eigenvalue weighted by molar-refractivity contribution is 0.0953. The molecule has 2 aromatic carbocycles. The molecule has 0 saturated carbocycles. The normalized spacial score (nSPS) is 12.8. The molecule has 2 aromatic rings. The summed E-state index contributed by atoms with van der Waals surface area (Å²) in [5.41, 5.74) is 7.71. The minimum atomic E-state index is -0.278. The number of nitrogens with zero attached hydrogens (tertiary/aromatic N) is 1. The lowest BCUT2D eigenvalue weighted by atomic mass is 10.1. The monoisotopic (exact) mass is 351 g/mol. The Morgan fingerprint density at radius 2 is 1.85 bits per heavy atom. The zero-order valence-corrected chi connectivity index (χ0v) is 14.3. The van der Waals surface area contributed by atoms with Gasteiger partial charge in [-0.25, -0.2) is 0 Å². The largest absolute Gasteiger partial charge is 0.399 e. The van der Waals surface area contributed by atoms with Crippen LogP contribution in [0, 0.1) is 0 Å². The molecule has 7 nitrogen and oxygen atoms in total. The zero-order chi connectivity index (χ0) is 18.4. The van der Waals surface area contributed by atoms with E-state index in [2.05, 4.69) is 20.9 Å². The summed E-state index contributed by atoms with van der Waals surface area (Å²) in [6, 6.07) is 13.5. The zero-order valence-electron chi connectivity index (χ0n) is 14.3. The predicted molar refractivity (Wildman–Crippen MR) is 103 cm³/mol. The third-order valence-electron chi connectivity index (χ3n) is 3.92. The standard InChI is InChI=1S/C19H21N5O2/c20-15-5-1-3-13(11-15)19(26)24-16-6-2-4-14(12-16)18(25)23-8-7-17-21-9-10-22-17/h1-6,11-12H,7-10,20H2,(H,21,22)(H,23,25)(H,24,26). The molecule has 26 heavy (non-hydrogen) atoms. The summed E-state index contributed by atoms with van der Waals surface area (Å²) < 4.78 is 0. The van der Waals surface area contributed by atoms with Crippen molar-refractivity contribution in [1.29, 1.82) is 0 Å². The molecule has 0 fully saturated rings. The Bertz CT molecular complexity index is 847. The van der Waals surface area contributed by atoms with E-state index in [1.807, 2.05) is 0 Å². The summed E-state index contributed by atoms with van der Waals surface area (Å²) in [7, 11) is 0. The molecule has 7 heteroatoms. The van der Waals surface area contributed by atoms with E-state index in [1.54, 1.807) is 48.5 Å². The second-order valence-corrected chi connectivity index (χ2v) is 5.92. The van der Waals surface area contributed by atoms with Gasteiger partial charge in [0, 0.05) is 42.0 Å². The third kappa shape index (κ3) is 4.60. The maximum absolute atomic E-state index is 12.3. The smallest absolute Gasteiger partial charge is 0.255 e. The summed E-state index contributed by atoms with van der Waals surface area (Å²) in [5, 5.41) is 8.80. The van der Waals surface area contributed by atoms with Crippen molar-refractivity contribution in [3.63, 3.8) is 0 Å². The lowest BCUT2D eigenvalue weighted by Crippen LogP contribution is -2.29. The van der Waals surface area contributed by atoms with Crippen molar-refractivity contribution in [2.75, 3.05) is 30.7 Å². The van der Waals surface area contributed by atoms with Gasteiger partial charge in [0.1, 0.15) is 0 Å². The van der Waals surface area contributed by atoms with E-state index in [-0.39, 0.29) is 11.8 Å². The fraction of sp³-hybridized carbons (Fsp3) is 0.211. The van der Waals surface area contributed by atoms with Gasteiger partial charge < -0.3 is 21.7 Å². The average Bonchev–Trinajstić information content (AvgIpc) is 3.15. The van der Waals surface area contributed by atoms with E-state index >= 15 is 0 Å². The van der Waals surface area contributed by atoms with Gasteiger partial charge in [-0.1, -0.05) is 12.1 Å². The van der Waals surface area contributed by atoms with Gasteiger partial charge in [-0.15, -0.1) is 0 Å². The van der Waals surface area contributed by atoms with Crippen LogP contribution in [0.5, 0.6) is 0 Å². The van der Waals surface area contributed by atoms with E-state index in [9.17, 15) is 9.59 Å². The predicted octanol–water partition coefficient (Wildman–Crippen LogP) is 1.64. The molecule has 5 N–H and O–H groups in total. The van der Waals surface area contributed by atoms with E-state index in [1.165, 1.54) is 0 Å². The molecule has 0 aliphatic carbocycles. The Labute approximate surface area is 151 Å². The SMILES string of the molecule is Nc1cccc(C(=O)Nc2cccc(C(=O)NCCC3=NCCN3)c2)c1. The Balaban J connectivity index is 1.58. The highest BCUT2D eigenvalue weighted by Crippen LogP contribution is 2.14. The third-order valence-corrected chi connectivity index (χ3v) is 3.92. The van der Waals surface area contributed by atoms with Crippen LogP contribution in [-0.4, -0.2) is 37.3 Å². The number of hydrogen-bond acceptors (Lipinski definition) is 5. The van der Waals surface area contributed by atoms with Gasteiger partial charge >= 0.3 is 0 Å². The second kappa shape index (κ2) is 8.15. The minimum Gasteiger partial charge on any atom is -0.399 e. The molecule has 1 heterocycles. The molecule has 1 aliphatic heterocycles. The van der Waals surface area contributed by atoms with Gasteiger partial charge in [0.25, 0.3) is 11.8 Å². The molecule has 2 amide bonds.